The lowest BCUT2D eigenvalue weighted by atomic mass is 10.1. The fourth-order valence-corrected chi connectivity index (χ4v) is 4.04. The minimum absolute atomic E-state index is 0.0147. The molecule has 1 aromatic carbocycles. The van der Waals surface area contributed by atoms with Crippen molar-refractivity contribution < 1.29 is 14.4 Å². The first-order valence-corrected chi connectivity index (χ1v) is 9.22. The van der Waals surface area contributed by atoms with Gasteiger partial charge in [-0.25, -0.2) is 0 Å². The van der Waals surface area contributed by atoms with Crippen molar-refractivity contribution in [2.24, 2.45) is 0 Å². The van der Waals surface area contributed by atoms with Gasteiger partial charge in [-0.2, -0.15) is 4.98 Å². The summed E-state index contributed by atoms with van der Waals surface area (Å²) in [6, 6.07) is 11.9. The average Bonchev–Trinajstić information content (AvgIpc) is 3.37. The summed E-state index contributed by atoms with van der Waals surface area (Å²) in [4.78, 5) is 20.0. The maximum absolute atomic E-state index is 11.2. The molecule has 0 saturated heterocycles. The topological polar surface area (TPSA) is 94.0 Å². The highest BCUT2D eigenvalue weighted by molar-refractivity contribution is 5.86. The highest BCUT2D eigenvalue weighted by atomic mass is 16.5. The molecule has 7 nitrogen and oxygen atoms in total. The Labute approximate surface area is 160 Å². The van der Waals surface area contributed by atoms with Crippen LogP contribution in [0.3, 0.4) is 0 Å². The van der Waals surface area contributed by atoms with Gasteiger partial charge in [-0.1, -0.05) is 17.3 Å². The first kappa shape index (κ1) is 16.7. The number of aryl methyl sites for hydroxylation is 2. The Kier molecular flexibility index (Phi) is 3.75. The Morgan fingerprint density at radius 2 is 2.21 bits per heavy atom. The first-order chi connectivity index (χ1) is 13.6. The molecule has 0 bridgehead atoms. The molecule has 1 atom stereocenters. The lowest BCUT2D eigenvalue weighted by Gasteiger charge is -2.13. The van der Waals surface area contributed by atoms with Gasteiger partial charge in [-0.3, -0.25) is 9.78 Å². The van der Waals surface area contributed by atoms with Gasteiger partial charge in [-0.15, -0.1) is 0 Å². The van der Waals surface area contributed by atoms with Crippen molar-refractivity contribution >= 4 is 16.9 Å². The maximum Gasteiger partial charge on any atom is 0.305 e. The zero-order valence-corrected chi connectivity index (χ0v) is 15.3. The summed E-state index contributed by atoms with van der Waals surface area (Å²) in [5.41, 5.74) is 4.67. The van der Waals surface area contributed by atoms with Crippen LogP contribution in [0.15, 0.2) is 47.1 Å². The van der Waals surface area contributed by atoms with Crippen LogP contribution in [0, 0.1) is 6.92 Å². The van der Waals surface area contributed by atoms with E-state index in [0.29, 0.717) is 11.7 Å². The molecule has 0 fully saturated rings. The lowest BCUT2D eigenvalue weighted by molar-refractivity contribution is -0.137. The Balaban J connectivity index is 1.56. The summed E-state index contributed by atoms with van der Waals surface area (Å²) >= 11 is 0. The number of carbonyl (C=O) groups is 1. The SMILES string of the molecule is Cc1ncccc1-c1nc(-c2ccc3cc4n(c3c2)C(CC(=O)O)CC4)no1. The lowest BCUT2D eigenvalue weighted by Crippen LogP contribution is -2.09. The van der Waals surface area contributed by atoms with Crippen LogP contribution in [-0.4, -0.2) is 30.8 Å². The molecule has 7 heteroatoms. The Morgan fingerprint density at radius 3 is 3.04 bits per heavy atom. The van der Waals surface area contributed by atoms with Gasteiger partial charge in [0.05, 0.1) is 12.0 Å². The van der Waals surface area contributed by atoms with E-state index in [0.717, 1.165) is 40.6 Å². The van der Waals surface area contributed by atoms with E-state index in [-0.39, 0.29) is 12.5 Å². The Morgan fingerprint density at radius 1 is 1.32 bits per heavy atom. The van der Waals surface area contributed by atoms with Gasteiger partial charge in [0.25, 0.3) is 5.89 Å². The molecule has 1 aliphatic heterocycles. The quantitative estimate of drug-likeness (QED) is 0.580. The van der Waals surface area contributed by atoms with Crippen LogP contribution in [0.25, 0.3) is 33.7 Å². The number of aliphatic carboxylic acids is 1. The normalized spacial score (nSPS) is 15.8. The van der Waals surface area contributed by atoms with E-state index in [9.17, 15) is 9.90 Å². The zero-order valence-electron chi connectivity index (χ0n) is 15.3. The Hall–Kier alpha value is -3.48. The summed E-state index contributed by atoms with van der Waals surface area (Å²) < 4.78 is 7.61. The highest BCUT2D eigenvalue weighted by Crippen LogP contribution is 2.36. The largest absolute Gasteiger partial charge is 0.481 e. The molecule has 0 spiro atoms. The van der Waals surface area contributed by atoms with Gasteiger partial charge >= 0.3 is 5.97 Å². The summed E-state index contributed by atoms with van der Waals surface area (Å²) in [6.45, 7) is 1.90. The second-order valence-corrected chi connectivity index (χ2v) is 7.13. The summed E-state index contributed by atoms with van der Waals surface area (Å²) in [5, 5.41) is 14.5. The van der Waals surface area contributed by atoms with Crippen molar-refractivity contribution in [1.82, 2.24) is 19.7 Å². The number of carboxylic acids is 1. The molecule has 5 rings (SSSR count). The molecule has 1 aliphatic rings. The second kappa shape index (κ2) is 6.30. The monoisotopic (exact) mass is 374 g/mol. The van der Waals surface area contributed by atoms with Gasteiger partial charge in [0.2, 0.25) is 5.82 Å². The molecule has 0 amide bonds. The van der Waals surface area contributed by atoms with E-state index in [1.54, 1.807) is 6.20 Å². The van der Waals surface area contributed by atoms with Gasteiger partial charge in [-0.05, 0) is 49.4 Å². The highest BCUT2D eigenvalue weighted by Gasteiger charge is 2.26. The van der Waals surface area contributed by atoms with E-state index >= 15 is 0 Å². The minimum atomic E-state index is -0.773. The van der Waals surface area contributed by atoms with Gasteiger partial charge in [0, 0.05) is 34.7 Å². The number of hydrogen-bond acceptors (Lipinski definition) is 5. The molecule has 140 valence electrons. The number of nitrogens with zero attached hydrogens (tertiary/aromatic N) is 4. The number of rotatable bonds is 4. The molecule has 0 radical (unpaired) electrons. The molecule has 3 aromatic heterocycles. The van der Waals surface area contributed by atoms with Crippen LogP contribution in [0.4, 0.5) is 0 Å². The third kappa shape index (κ3) is 2.67. The molecule has 0 saturated carbocycles. The van der Waals surface area contributed by atoms with Crippen molar-refractivity contribution in [2.75, 3.05) is 0 Å². The second-order valence-electron chi connectivity index (χ2n) is 7.13. The zero-order chi connectivity index (χ0) is 19.3. The Bertz CT molecular complexity index is 1210. The van der Waals surface area contributed by atoms with Crippen molar-refractivity contribution in [3.63, 3.8) is 0 Å². The van der Waals surface area contributed by atoms with E-state index in [1.165, 1.54) is 5.69 Å². The smallest absolute Gasteiger partial charge is 0.305 e. The molecular weight excluding hydrogens is 356 g/mol. The van der Waals surface area contributed by atoms with Crippen LogP contribution in [-0.2, 0) is 11.2 Å². The molecule has 0 aliphatic carbocycles. The van der Waals surface area contributed by atoms with Gasteiger partial charge in [0.15, 0.2) is 0 Å². The number of carboxylic acid groups (broad SMARTS) is 1. The summed E-state index contributed by atoms with van der Waals surface area (Å²) in [6.07, 6.45) is 3.61. The fraction of sp³-hybridized carbons (Fsp3) is 0.238. The van der Waals surface area contributed by atoms with Crippen molar-refractivity contribution in [3.05, 3.63) is 54.0 Å². The van der Waals surface area contributed by atoms with Gasteiger partial charge in [0.1, 0.15) is 0 Å². The van der Waals surface area contributed by atoms with Crippen molar-refractivity contribution in [2.45, 2.75) is 32.2 Å². The molecule has 28 heavy (non-hydrogen) atoms. The van der Waals surface area contributed by atoms with Crippen LogP contribution in [0.1, 0.15) is 30.3 Å². The number of hydrogen-bond donors (Lipinski definition) is 1. The van der Waals surface area contributed by atoms with Crippen molar-refractivity contribution in [1.29, 1.82) is 0 Å². The van der Waals surface area contributed by atoms with Crippen LogP contribution in [0.5, 0.6) is 0 Å². The number of fused-ring (bicyclic) bond motifs is 3. The van der Waals surface area contributed by atoms with E-state index in [4.69, 9.17) is 4.52 Å². The van der Waals surface area contributed by atoms with E-state index < -0.39 is 5.97 Å². The summed E-state index contributed by atoms with van der Waals surface area (Å²) in [7, 11) is 0. The fourth-order valence-electron chi connectivity index (χ4n) is 4.04. The number of benzene rings is 1. The van der Waals surface area contributed by atoms with Crippen molar-refractivity contribution in [3.8, 4) is 22.8 Å². The van der Waals surface area contributed by atoms with E-state index in [1.807, 2.05) is 37.3 Å². The maximum atomic E-state index is 11.2. The minimum Gasteiger partial charge on any atom is -0.481 e. The molecule has 1 N–H and O–H groups in total. The van der Waals surface area contributed by atoms with Crippen LogP contribution < -0.4 is 0 Å². The third-order valence-electron chi connectivity index (χ3n) is 5.35. The van der Waals surface area contributed by atoms with E-state index in [2.05, 4.69) is 25.8 Å². The first-order valence-electron chi connectivity index (χ1n) is 9.22. The molecular formula is C21H18N4O3. The predicted molar refractivity (Wildman–Crippen MR) is 103 cm³/mol. The predicted octanol–water partition coefficient (Wildman–Crippen LogP) is 4.02. The summed E-state index contributed by atoms with van der Waals surface area (Å²) in [5.74, 6) is 0.166. The van der Waals surface area contributed by atoms with Crippen LogP contribution in [0.2, 0.25) is 0 Å². The number of aromatic nitrogens is 4. The standard InChI is InChI=1S/C21H18N4O3/c1-12-17(3-2-8-22-12)21-23-20(24-28-21)14-5-4-13-9-15-6-7-16(11-19(26)27)25(15)18(13)10-14/h2-5,8-10,16H,6-7,11H2,1H3,(H,26,27). The molecule has 1 unspecified atom stereocenters. The molecule has 4 heterocycles. The van der Waals surface area contributed by atoms with Gasteiger partial charge < -0.3 is 14.2 Å². The van der Waals surface area contributed by atoms with Crippen LogP contribution >= 0.6 is 0 Å². The average molecular weight is 374 g/mol. The third-order valence-corrected chi connectivity index (χ3v) is 5.35. The molecule has 4 aromatic rings. The number of pyridine rings is 1.